The fourth-order valence-electron chi connectivity index (χ4n) is 4.64. The number of aliphatic hydroxyl groups is 1. The van der Waals surface area contributed by atoms with Crippen LogP contribution in [0.5, 0.6) is 11.5 Å². The third-order valence-electron chi connectivity index (χ3n) is 6.45. The lowest BCUT2D eigenvalue weighted by atomic mass is 9.94. The van der Waals surface area contributed by atoms with Gasteiger partial charge in [-0.05, 0) is 36.8 Å². The molecular formula is C28H32N2O6. The highest BCUT2D eigenvalue weighted by Crippen LogP contribution is 2.42. The number of aliphatic hydroxyl groups excluding tert-OH is 1. The van der Waals surface area contributed by atoms with Crippen LogP contribution in [0.3, 0.4) is 0 Å². The van der Waals surface area contributed by atoms with Gasteiger partial charge in [0.05, 0.1) is 31.9 Å². The molecule has 2 heterocycles. The minimum absolute atomic E-state index is 0.0515. The molecule has 36 heavy (non-hydrogen) atoms. The van der Waals surface area contributed by atoms with E-state index in [2.05, 4.69) is 11.5 Å². The molecule has 2 aliphatic heterocycles. The van der Waals surface area contributed by atoms with Crippen LogP contribution < -0.4 is 9.47 Å². The molecule has 1 amide bonds. The number of likely N-dealkylation sites (tertiary alicyclic amines) is 1. The molecule has 1 atom stereocenters. The van der Waals surface area contributed by atoms with Crippen LogP contribution in [0.15, 0.2) is 66.8 Å². The van der Waals surface area contributed by atoms with E-state index in [4.69, 9.17) is 14.2 Å². The number of para-hydroxylation sites is 1. The number of carbonyl (C=O) groups excluding carboxylic acids is 2. The fraction of sp³-hybridized carbons (Fsp3) is 0.357. The molecular weight excluding hydrogens is 460 g/mol. The maximum Gasteiger partial charge on any atom is 0.295 e. The number of hydrogen-bond acceptors (Lipinski definition) is 7. The van der Waals surface area contributed by atoms with Crippen LogP contribution in [-0.4, -0.2) is 79.7 Å². The van der Waals surface area contributed by atoms with E-state index in [9.17, 15) is 14.7 Å². The van der Waals surface area contributed by atoms with Gasteiger partial charge in [-0.25, -0.2) is 0 Å². The van der Waals surface area contributed by atoms with Crippen molar-refractivity contribution in [2.45, 2.75) is 12.5 Å². The maximum atomic E-state index is 13.3. The molecule has 190 valence electrons. The molecule has 0 spiro atoms. The van der Waals surface area contributed by atoms with E-state index in [-0.39, 0.29) is 11.3 Å². The summed E-state index contributed by atoms with van der Waals surface area (Å²) in [5, 5.41) is 11.3. The van der Waals surface area contributed by atoms with Gasteiger partial charge < -0.3 is 24.2 Å². The van der Waals surface area contributed by atoms with E-state index in [1.165, 1.54) is 0 Å². The largest absolute Gasteiger partial charge is 0.507 e. The van der Waals surface area contributed by atoms with E-state index < -0.39 is 17.7 Å². The maximum absolute atomic E-state index is 13.3. The fourth-order valence-corrected chi connectivity index (χ4v) is 4.64. The number of Topliss-reactive ketones (excluding diaryl/α,β-unsaturated/α-hetero) is 1. The van der Waals surface area contributed by atoms with E-state index in [0.717, 1.165) is 19.6 Å². The van der Waals surface area contributed by atoms with Crippen molar-refractivity contribution in [3.63, 3.8) is 0 Å². The van der Waals surface area contributed by atoms with Crippen LogP contribution in [0, 0.1) is 0 Å². The average Bonchev–Trinajstić information content (AvgIpc) is 3.17. The van der Waals surface area contributed by atoms with Crippen LogP contribution in [0.4, 0.5) is 0 Å². The summed E-state index contributed by atoms with van der Waals surface area (Å²) >= 11 is 0. The normalized spacial score (nSPS) is 19.9. The summed E-state index contributed by atoms with van der Waals surface area (Å²) in [6.45, 7) is 8.24. The Kier molecular flexibility index (Phi) is 8.40. The van der Waals surface area contributed by atoms with Crippen molar-refractivity contribution in [2.75, 3.05) is 53.1 Å². The summed E-state index contributed by atoms with van der Waals surface area (Å²) in [5.41, 5.74) is 1.13. The highest BCUT2D eigenvalue weighted by Gasteiger charge is 2.46. The standard InChI is InChI=1S/C28H32N2O6/c1-3-17-36-21-11-9-20(10-12-21)26(31)24-25(22-7-4-5-8-23(22)34-2)30(28(33)27(24)32)14-6-13-29-15-18-35-19-16-29/h3-5,7-12,25,31H,1,6,13-19H2,2H3/t25-/m0/s1. The van der Waals surface area contributed by atoms with Gasteiger partial charge in [0.2, 0.25) is 0 Å². The molecule has 2 saturated heterocycles. The Balaban J connectivity index is 1.67. The Labute approximate surface area is 211 Å². The molecule has 8 heteroatoms. The second kappa shape index (κ2) is 11.9. The number of nitrogens with zero attached hydrogens (tertiary/aromatic N) is 2. The van der Waals surface area contributed by atoms with Crippen LogP contribution >= 0.6 is 0 Å². The van der Waals surface area contributed by atoms with Gasteiger partial charge in [0.1, 0.15) is 23.9 Å². The highest BCUT2D eigenvalue weighted by molar-refractivity contribution is 6.46. The first-order valence-corrected chi connectivity index (χ1v) is 12.1. The minimum Gasteiger partial charge on any atom is -0.507 e. The quantitative estimate of drug-likeness (QED) is 0.235. The Morgan fingerprint density at radius 2 is 1.83 bits per heavy atom. The molecule has 0 bridgehead atoms. The van der Waals surface area contributed by atoms with Crippen LogP contribution in [-0.2, 0) is 14.3 Å². The molecule has 2 aromatic carbocycles. The SMILES string of the molecule is C=CCOc1ccc(C(O)=C2C(=O)C(=O)N(CCCN3CCOCC3)[C@H]2c2ccccc2OC)cc1. The number of methoxy groups -OCH3 is 1. The zero-order valence-corrected chi connectivity index (χ0v) is 20.5. The molecule has 2 aromatic rings. The van der Waals surface area contributed by atoms with Gasteiger partial charge in [-0.1, -0.05) is 30.9 Å². The van der Waals surface area contributed by atoms with Gasteiger partial charge in [0.15, 0.2) is 0 Å². The van der Waals surface area contributed by atoms with Crippen molar-refractivity contribution in [1.29, 1.82) is 0 Å². The second-order valence-electron chi connectivity index (χ2n) is 8.67. The monoisotopic (exact) mass is 492 g/mol. The zero-order valence-electron chi connectivity index (χ0n) is 20.5. The van der Waals surface area contributed by atoms with Crippen molar-refractivity contribution >= 4 is 17.4 Å². The van der Waals surface area contributed by atoms with E-state index >= 15 is 0 Å². The molecule has 0 aromatic heterocycles. The van der Waals surface area contributed by atoms with E-state index in [1.807, 2.05) is 18.2 Å². The van der Waals surface area contributed by atoms with Crippen LogP contribution in [0.2, 0.25) is 0 Å². The van der Waals surface area contributed by atoms with Crippen molar-refractivity contribution < 1.29 is 28.9 Å². The van der Waals surface area contributed by atoms with Crippen molar-refractivity contribution in [1.82, 2.24) is 9.80 Å². The number of carbonyl (C=O) groups is 2. The predicted molar refractivity (Wildman–Crippen MR) is 136 cm³/mol. The third kappa shape index (κ3) is 5.45. The first kappa shape index (κ1) is 25.5. The average molecular weight is 493 g/mol. The summed E-state index contributed by atoms with van der Waals surface area (Å²) in [6, 6.07) is 13.2. The molecule has 8 nitrogen and oxygen atoms in total. The summed E-state index contributed by atoms with van der Waals surface area (Å²) < 4.78 is 16.5. The van der Waals surface area contributed by atoms with Crippen molar-refractivity contribution in [3.05, 3.63) is 77.9 Å². The zero-order chi connectivity index (χ0) is 25.5. The number of hydrogen-bond donors (Lipinski definition) is 1. The minimum atomic E-state index is -0.762. The number of benzene rings is 2. The lowest BCUT2D eigenvalue weighted by molar-refractivity contribution is -0.140. The van der Waals surface area contributed by atoms with Gasteiger partial charge in [0, 0.05) is 37.3 Å². The molecule has 0 radical (unpaired) electrons. The number of morpholine rings is 1. The van der Waals surface area contributed by atoms with Gasteiger partial charge in [-0.3, -0.25) is 14.5 Å². The molecule has 2 aliphatic rings. The van der Waals surface area contributed by atoms with Crippen LogP contribution in [0.1, 0.15) is 23.6 Å². The lowest BCUT2D eigenvalue weighted by Gasteiger charge is -2.29. The Morgan fingerprint density at radius 1 is 1.11 bits per heavy atom. The topological polar surface area (TPSA) is 88.5 Å². The molecule has 0 aliphatic carbocycles. The second-order valence-corrected chi connectivity index (χ2v) is 8.67. The van der Waals surface area contributed by atoms with E-state index in [1.54, 1.807) is 48.4 Å². The molecule has 0 unspecified atom stereocenters. The predicted octanol–water partition coefficient (Wildman–Crippen LogP) is 3.40. The van der Waals surface area contributed by atoms with Crippen molar-refractivity contribution in [2.24, 2.45) is 0 Å². The molecule has 0 saturated carbocycles. The number of ketones is 1. The van der Waals surface area contributed by atoms with E-state index in [0.29, 0.717) is 55.4 Å². The van der Waals surface area contributed by atoms with Crippen molar-refractivity contribution in [3.8, 4) is 11.5 Å². The Hall–Kier alpha value is -3.62. The summed E-state index contributed by atoms with van der Waals surface area (Å²) in [6.07, 6.45) is 2.33. The number of amides is 1. The van der Waals surface area contributed by atoms with Crippen LogP contribution in [0.25, 0.3) is 5.76 Å². The van der Waals surface area contributed by atoms with Gasteiger partial charge in [0.25, 0.3) is 11.7 Å². The number of rotatable bonds is 10. The van der Waals surface area contributed by atoms with Gasteiger partial charge in [-0.2, -0.15) is 0 Å². The smallest absolute Gasteiger partial charge is 0.295 e. The van der Waals surface area contributed by atoms with Gasteiger partial charge >= 0.3 is 0 Å². The summed E-state index contributed by atoms with van der Waals surface area (Å²) in [4.78, 5) is 30.3. The first-order chi connectivity index (χ1) is 17.5. The van der Waals surface area contributed by atoms with Gasteiger partial charge in [-0.15, -0.1) is 0 Å². The highest BCUT2D eigenvalue weighted by atomic mass is 16.5. The Bertz CT molecular complexity index is 1120. The summed E-state index contributed by atoms with van der Waals surface area (Å²) in [7, 11) is 1.55. The Morgan fingerprint density at radius 3 is 2.53 bits per heavy atom. The first-order valence-electron chi connectivity index (χ1n) is 12.1. The molecule has 1 N–H and O–H groups in total. The number of ether oxygens (including phenoxy) is 3. The third-order valence-corrected chi connectivity index (χ3v) is 6.45. The molecule has 2 fully saturated rings. The summed E-state index contributed by atoms with van der Waals surface area (Å²) in [5.74, 6) is -0.407. The molecule has 4 rings (SSSR count). The lowest BCUT2D eigenvalue weighted by Crippen LogP contribution is -2.39.